The second kappa shape index (κ2) is 7.00. The molecular formula is C17H18N2O3S. The van der Waals surface area contributed by atoms with Gasteiger partial charge in [0, 0.05) is 23.7 Å². The molecule has 1 aromatic carbocycles. The molecule has 0 N–H and O–H groups in total. The fraction of sp³-hybridized carbons (Fsp3) is 0.353. The van der Waals surface area contributed by atoms with Gasteiger partial charge >= 0.3 is 5.97 Å². The number of aromatic nitrogens is 1. The van der Waals surface area contributed by atoms with E-state index in [9.17, 15) is 9.59 Å². The Kier molecular flexibility index (Phi) is 4.81. The summed E-state index contributed by atoms with van der Waals surface area (Å²) in [4.78, 5) is 30.1. The van der Waals surface area contributed by atoms with Crippen LogP contribution in [0.15, 0.2) is 36.4 Å². The number of thioether (sulfide) groups is 1. The molecule has 0 saturated carbocycles. The first-order valence-corrected chi connectivity index (χ1v) is 8.56. The Balaban J connectivity index is 1.65. The summed E-state index contributed by atoms with van der Waals surface area (Å²) < 4.78 is 4.64. The molecule has 0 unspecified atom stereocenters. The Labute approximate surface area is 139 Å². The quantitative estimate of drug-likeness (QED) is 0.806. The first-order valence-electron chi connectivity index (χ1n) is 7.51. The van der Waals surface area contributed by atoms with Gasteiger partial charge in [0.05, 0.1) is 18.4 Å². The molecule has 1 aliphatic heterocycles. The number of nitrogens with zero attached hydrogens (tertiary/aromatic N) is 2. The summed E-state index contributed by atoms with van der Waals surface area (Å²) in [5.74, 6) is 0.0603. The highest BCUT2D eigenvalue weighted by atomic mass is 32.2. The van der Waals surface area contributed by atoms with Gasteiger partial charge in [-0.25, -0.2) is 4.98 Å². The second-order valence-corrected chi connectivity index (χ2v) is 6.73. The third-order valence-electron chi connectivity index (χ3n) is 3.91. The van der Waals surface area contributed by atoms with Gasteiger partial charge in [0.15, 0.2) is 0 Å². The van der Waals surface area contributed by atoms with E-state index in [0.29, 0.717) is 24.5 Å². The first kappa shape index (κ1) is 15.8. The van der Waals surface area contributed by atoms with Gasteiger partial charge in [0.2, 0.25) is 0 Å². The molecule has 2 aromatic rings. The van der Waals surface area contributed by atoms with Crippen LogP contribution >= 0.6 is 11.8 Å². The number of esters is 1. The number of benzene rings is 1. The smallest absolute Gasteiger partial charge is 0.315 e. The molecule has 2 heterocycles. The van der Waals surface area contributed by atoms with E-state index >= 15 is 0 Å². The number of para-hydroxylation sites is 1. The highest BCUT2D eigenvalue weighted by Gasteiger charge is 2.28. The van der Waals surface area contributed by atoms with Gasteiger partial charge in [-0.3, -0.25) is 9.59 Å². The minimum atomic E-state index is -0.226. The third-order valence-corrected chi connectivity index (χ3v) is 5.17. The fourth-order valence-corrected chi connectivity index (χ4v) is 3.69. The van der Waals surface area contributed by atoms with Gasteiger partial charge < -0.3 is 9.64 Å². The van der Waals surface area contributed by atoms with Crippen LogP contribution in [-0.4, -0.2) is 53.0 Å². The number of hydrogen-bond acceptors (Lipinski definition) is 5. The number of fused-ring (bicyclic) bond motifs is 1. The van der Waals surface area contributed by atoms with Crippen molar-refractivity contribution in [1.29, 1.82) is 0 Å². The standard InChI is InChI=1S/C17H18N2O3S/c1-22-16(20)11-23-13-8-9-19(10-13)17(21)15-7-6-12-4-2-3-5-14(12)18-15/h2-7,13H,8-11H2,1H3/t13-/m0/s1. The largest absolute Gasteiger partial charge is 0.468 e. The Morgan fingerprint density at radius 3 is 2.96 bits per heavy atom. The van der Waals surface area contributed by atoms with Gasteiger partial charge in [-0.1, -0.05) is 24.3 Å². The van der Waals surface area contributed by atoms with Crippen LogP contribution in [0.3, 0.4) is 0 Å². The second-order valence-electron chi connectivity index (χ2n) is 5.44. The van der Waals surface area contributed by atoms with Crippen LogP contribution in [0.4, 0.5) is 0 Å². The van der Waals surface area contributed by atoms with Crippen LogP contribution in [-0.2, 0) is 9.53 Å². The molecule has 0 spiro atoms. The minimum Gasteiger partial charge on any atom is -0.468 e. The lowest BCUT2D eigenvalue weighted by molar-refractivity contribution is -0.137. The average Bonchev–Trinajstić information content (AvgIpc) is 3.07. The number of hydrogen-bond donors (Lipinski definition) is 0. The first-order chi connectivity index (χ1) is 11.2. The predicted octanol–water partition coefficient (Wildman–Crippen LogP) is 2.36. The molecule has 6 heteroatoms. The fourth-order valence-electron chi connectivity index (χ4n) is 2.64. The number of amides is 1. The molecule has 0 aliphatic carbocycles. The summed E-state index contributed by atoms with van der Waals surface area (Å²) in [7, 11) is 1.39. The lowest BCUT2D eigenvalue weighted by atomic mass is 10.2. The molecule has 1 atom stereocenters. The van der Waals surface area contributed by atoms with Crippen LogP contribution in [0.1, 0.15) is 16.9 Å². The maximum atomic E-state index is 12.6. The van der Waals surface area contributed by atoms with Crippen molar-refractivity contribution in [3.8, 4) is 0 Å². The minimum absolute atomic E-state index is 0.0445. The predicted molar refractivity (Wildman–Crippen MR) is 90.5 cm³/mol. The summed E-state index contributed by atoms with van der Waals surface area (Å²) in [5.41, 5.74) is 1.30. The Morgan fingerprint density at radius 1 is 1.30 bits per heavy atom. The van der Waals surface area contributed by atoms with Crippen LogP contribution < -0.4 is 0 Å². The lowest BCUT2D eigenvalue weighted by Gasteiger charge is -2.16. The normalized spacial score (nSPS) is 17.4. The van der Waals surface area contributed by atoms with E-state index < -0.39 is 0 Å². The van der Waals surface area contributed by atoms with E-state index in [2.05, 4.69) is 9.72 Å². The zero-order chi connectivity index (χ0) is 16.2. The van der Waals surface area contributed by atoms with Gasteiger partial charge in [-0.2, -0.15) is 0 Å². The number of methoxy groups -OCH3 is 1. The van der Waals surface area contributed by atoms with Crippen molar-refractivity contribution in [2.75, 3.05) is 26.0 Å². The summed E-state index contributed by atoms with van der Waals surface area (Å²) in [6.07, 6.45) is 0.890. The van der Waals surface area contributed by atoms with Crippen molar-refractivity contribution in [3.63, 3.8) is 0 Å². The maximum absolute atomic E-state index is 12.6. The molecule has 120 valence electrons. The highest BCUT2D eigenvalue weighted by Crippen LogP contribution is 2.24. The number of pyridine rings is 1. The van der Waals surface area contributed by atoms with Crippen molar-refractivity contribution in [3.05, 3.63) is 42.1 Å². The molecule has 1 amide bonds. The topological polar surface area (TPSA) is 59.5 Å². The third kappa shape index (κ3) is 3.64. The molecule has 23 heavy (non-hydrogen) atoms. The molecule has 0 radical (unpaired) electrons. The number of likely N-dealkylation sites (tertiary alicyclic amines) is 1. The maximum Gasteiger partial charge on any atom is 0.315 e. The SMILES string of the molecule is COC(=O)CS[C@H]1CCN(C(=O)c2ccc3ccccc3n2)C1. The molecule has 1 saturated heterocycles. The summed E-state index contributed by atoms with van der Waals surface area (Å²) in [6.45, 7) is 1.35. The van der Waals surface area contributed by atoms with E-state index in [1.54, 1.807) is 17.8 Å². The number of carbonyl (C=O) groups excluding carboxylic acids is 2. The Bertz CT molecular complexity index is 735. The van der Waals surface area contributed by atoms with E-state index in [1.165, 1.54) is 7.11 Å². The van der Waals surface area contributed by atoms with Crippen LogP contribution in [0, 0.1) is 0 Å². The van der Waals surface area contributed by atoms with Crippen molar-refractivity contribution in [1.82, 2.24) is 9.88 Å². The zero-order valence-corrected chi connectivity index (χ0v) is 13.7. The van der Waals surface area contributed by atoms with Crippen molar-refractivity contribution < 1.29 is 14.3 Å². The monoisotopic (exact) mass is 330 g/mol. The van der Waals surface area contributed by atoms with E-state index in [1.807, 2.05) is 35.2 Å². The highest BCUT2D eigenvalue weighted by molar-refractivity contribution is 8.00. The number of ether oxygens (including phenoxy) is 1. The molecule has 3 rings (SSSR count). The zero-order valence-electron chi connectivity index (χ0n) is 12.9. The summed E-state index contributed by atoms with van der Waals surface area (Å²) >= 11 is 1.55. The van der Waals surface area contributed by atoms with E-state index in [-0.39, 0.29) is 17.1 Å². The molecule has 1 aromatic heterocycles. The molecule has 0 bridgehead atoms. The van der Waals surface area contributed by atoms with Gasteiger partial charge in [0.1, 0.15) is 5.69 Å². The lowest BCUT2D eigenvalue weighted by Crippen LogP contribution is -2.30. The van der Waals surface area contributed by atoms with Crippen molar-refractivity contribution in [2.45, 2.75) is 11.7 Å². The Morgan fingerprint density at radius 2 is 2.13 bits per heavy atom. The van der Waals surface area contributed by atoms with E-state index in [0.717, 1.165) is 17.3 Å². The van der Waals surface area contributed by atoms with Crippen LogP contribution in [0.5, 0.6) is 0 Å². The molecule has 1 aliphatic rings. The van der Waals surface area contributed by atoms with Gasteiger partial charge in [0.25, 0.3) is 5.91 Å². The average molecular weight is 330 g/mol. The van der Waals surface area contributed by atoms with Crippen molar-refractivity contribution in [2.24, 2.45) is 0 Å². The molecule has 1 fully saturated rings. The number of rotatable bonds is 4. The van der Waals surface area contributed by atoms with Gasteiger partial charge in [-0.15, -0.1) is 11.8 Å². The van der Waals surface area contributed by atoms with Gasteiger partial charge in [-0.05, 0) is 18.6 Å². The summed E-state index contributed by atoms with van der Waals surface area (Å²) in [6, 6.07) is 11.5. The molecule has 5 nitrogen and oxygen atoms in total. The Hall–Kier alpha value is -2.08. The molecular weight excluding hydrogens is 312 g/mol. The van der Waals surface area contributed by atoms with E-state index in [4.69, 9.17) is 0 Å². The van der Waals surface area contributed by atoms with Crippen LogP contribution in [0.25, 0.3) is 10.9 Å². The van der Waals surface area contributed by atoms with Crippen LogP contribution in [0.2, 0.25) is 0 Å². The van der Waals surface area contributed by atoms with Crippen molar-refractivity contribution >= 4 is 34.5 Å². The number of carbonyl (C=O) groups is 2. The summed E-state index contributed by atoms with van der Waals surface area (Å²) in [5, 5.41) is 1.30.